The van der Waals surface area contributed by atoms with Crippen molar-refractivity contribution in [2.45, 2.75) is 18.6 Å². The van der Waals surface area contributed by atoms with Crippen LogP contribution in [0.4, 0.5) is 0 Å². The van der Waals surface area contributed by atoms with Crippen molar-refractivity contribution in [3.05, 3.63) is 107 Å². The maximum absolute atomic E-state index is 12.2. The Morgan fingerprint density at radius 2 is 1.43 bits per heavy atom. The van der Waals surface area contributed by atoms with E-state index in [9.17, 15) is 4.79 Å². The standard InChI is InChI=1S/C24H22ClNO2/c25-21-13-11-18(12-14-21)15-23(27)28-22-16-26(17-22)24(19-7-3-1-4-8-19)20-9-5-2-6-10-20/h1-14,22,24H,15-17H2. The third-order valence-corrected chi connectivity index (χ3v) is 5.28. The van der Waals surface area contributed by atoms with Gasteiger partial charge in [-0.15, -0.1) is 0 Å². The highest BCUT2D eigenvalue weighted by Gasteiger charge is 2.36. The molecular formula is C24H22ClNO2. The first-order valence-corrected chi connectivity index (χ1v) is 9.85. The molecule has 0 bridgehead atoms. The van der Waals surface area contributed by atoms with Crippen molar-refractivity contribution in [2.24, 2.45) is 0 Å². The van der Waals surface area contributed by atoms with Gasteiger partial charge in [-0.25, -0.2) is 0 Å². The number of benzene rings is 3. The topological polar surface area (TPSA) is 29.5 Å². The van der Waals surface area contributed by atoms with E-state index in [1.165, 1.54) is 11.1 Å². The molecule has 4 rings (SSSR count). The van der Waals surface area contributed by atoms with Crippen LogP contribution in [0.2, 0.25) is 5.02 Å². The number of esters is 1. The van der Waals surface area contributed by atoms with Gasteiger partial charge in [-0.05, 0) is 28.8 Å². The number of halogens is 1. The molecule has 0 unspecified atom stereocenters. The molecule has 0 N–H and O–H groups in total. The predicted octanol–water partition coefficient (Wildman–Crippen LogP) is 4.90. The van der Waals surface area contributed by atoms with Crippen molar-refractivity contribution < 1.29 is 9.53 Å². The van der Waals surface area contributed by atoms with Crippen molar-refractivity contribution in [3.8, 4) is 0 Å². The van der Waals surface area contributed by atoms with E-state index in [1.807, 2.05) is 24.3 Å². The molecule has 1 aliphatic rings. The molecule has 142 valence electrons. The number of ether oxygens (including phenoxy) is 1. The first-order chi connectivity index (χ1) is 13.7. The molecule has 0 aromatic heterocycles. The van der Waals surface area contributed by atoms with Gasteiger partial charge in [0.05, 0.1) is 12.5 Å². The molecule has 0 spiro atoms. The summed E-state index contributed by atoms with van der Waals surface area (Å²) in [5, 5.41) is 0.666. The minimum absolute atomic E-state index is 0.0604. The number of carbonyl (C=O) groups excluding carboxylic acids is 1. The molecule has 0 aliphatic carbocycles. The molecule has 3 nitrogen and oxygen atoms in total. The van der Waals surface area contributed by atoms with E-state index in [-0.39, 0.29) is 24.5 Å². The zero-order valence-electron chi connectivity index (χ0n) is 15.5. The van der Waals surface area contributed by atoms with Crippen molar-refractivity contribution in [1.82, 2.24) is 4.90 Å². The summed E-state index contributed by atoms with van der Waals surface area (Å²) < 4.78 is 5.66. The van der Waals surface area contributed by atoms with Gasteiger partial charge in [0.15, 0.2) is 0 Å². The summed E-state index contributed by atoms with van der Waals surface area (Å²) in [4.78, 5) is 14.6. The zero-order chi connectivity index (χ0) is 19.3. The monoisotopic (exact) mass is 391 g/mol. The average Bonchev–Trinajstić information content (AvgIpc) is 2.70. The third-order valence-electron chi connectivity index (χ3n) is 5.03. The van der Waals surface area contributed by atoms with Gasteiger partial charge < -0.3 is 4.74 Å². The molecule has 0 amide bonds. The molecule has 1 fully saturated rings. The molecular weight excluding hydrogens is 370 g/mol. The van der Waals surface area contributed by atoms with Crippen LogP contribution in [0.5, 0.6) is 0 Å². The molecule has 1 aliphatic heterocycles. The third kappa shape index (κ3) is 4.44. The number of hydrogen-bond donors (Lipinski definition) is 0. The van der Waals surface area contributed by atoms with Crippen molar-refractivity contribution >= 4 is 17.6 Å². The van der Waals surface area contributed by atoms with E-state index >= 15 is 0 Å². The molecule has 0 saturated carbocycles. The number of rotatable bonds is 6. The highest BCUT2D eigenvalue weighted by atomic mass is 35.5. The molecule has 28 heavy (non-hydrogen) atoms. The van der Waals surface area contributed by atoms with Crippen LogP contribution in [0.3, 0.4) is 0 Å². The van der Waals surface area contributed by atoms with E-state index in [1.54, 1.807) is 12.1 Å². The second-order valence-electron chi connectivity index (χ2n) is 7.09. The van der Waals surface area contributed by atoms with Crippen molar-refractivity contribution in [1.29, 1.82) is 0 Å². The fourth-order valence-electron chi connectivity index (χ4n) is 3.64. The smallest absolute Gasteiger partial charge is 0.310 e. The Balaban J connectivity index is 1.38. The van der Waals surface area contributed by atoms with Gasteiger partial charge in [0.25, 0.3) is 0 Å². The van der Waals surface area contributed by atoms with E-state index < -0.39 is 0 Å². The first-order valence-electron chi connectivity index (χ1n) is 9.47. The first kappa shape index (κ1) is 18.7. The van der Waals surface area contributed by atoms with Crippen LogP contribution in [0.1, 0.15) is 22.7 Å². The summed E-state index contributed by atoms with van der Waals surface area (Å²) >= 11 is 5.89. The summed E-state index contributed by atoms with van der Waals surface area (Å²) in [6, 6.07) is 28.4. The number of likely N-dealkylation sites (tertiary alicyclic amines) is 1. The van der Waals surface area contributed by atoms with Gasteiger partial charge in [-0.3, -0.25) is 9.69 Å². The van der Waals surface area contributed by atoms with Crippen LogP contribution in [0, 0.1) is 0 Å². The van der Waals surface area contributed by atoms with Crippen LogP contribution in [-0.4, -0.2) is 30.1 Å². The van der Waals surface area contributed by atoms with E-state index in [4.69, 9.17) is 16.3 Å². The van der Waals surface area contributed by atoms with E-state index in [0.717, 1.165) is 18.7 Å². The molecule has 1 heterocycles. The van der Waals surface area contributed by atoms with Gasteiger partial charge in [-0.2, -0.15) is 0 Å². The lowest BCUT2D eigenvalue weighted by Crippen LogP contribution is -2.54. The molecule has 3 aromatic carbocycles. The summed E-state index contributed by atoms with van der Waals surface area (Å²) in [7, 11) is 0. The summed E-state index contributed by atoms with van der Waals surface area (Å²) in [6.07, 6.45) is 0.212. The second kappa shape index (κ2) is 8.59. The number of nitrogens with zero attached hydrogens (tertiary/aromatic N) is 1. The van der Waals surface area contributed by atoms with Gasteiger partial charge >= 0.3 is 5.97 Å². The van der Waals surface area contributed by atoms with Crippen molar-refractivity contribution in [3.63, 3.8) is 0 Å². The van der Waals surface area contributed by atoms with E-state index in [2.05, 4.69) is 53.4 Å². The fraction of sp³-hybridized carbons (Fsp3) is 0.208. The molecule has 0 radical (unpaired) electrons. The van der Waals surface area contributed by atoms with Crippen LogP contribution >= 0.6 is 11.6 Å². The molecule has 4 heteroatoms. The van der Waals surface area contributed by atoms with Crippen LogP contribution in [-0.2, 0) is 16.0 Å². The zero-order valence-corrected chi connectivity index (χ0v) is 16.3. The van der Waals surface area contributed by atoms with Crippen LogP contribution < -0.4 is 0 Å². The minimum atomic E-state index is -0.192. The maximum Gasteiger partial charge on any atom is 0.310 e. The van der Waals surface area contributed by atoms with Gasteiger partial charge in [0.2, 0.25) is 0 Å². The molecule has 0 atom stereocenters. The largest absolute Gasteiger partial charge is 0.459 e. The highest BCUT2D eigenvalue weighted by molar-refractivity contribution is 6.30. The lowest BCUT2D eigenvalue weighted by Gasteiger charge is -2.44. The Hall–Kier alpha value is -2.62. The normalized spacial score (nSPS) is 14.6. The Morgan fingerprint density at radius 3 is 1.96 bits per heavy atom. The van der Waals surface area contributed by atoms with Gasteiger partial charge in [0.1, 0.15) is 6.10 Å². The molecule has 3 aromatic rings. The lowest BCUT2D eigenvalue weighted by molar-refractivity contribution is -0.157. The Morgan fingerprint density at radius 1 is 0.893 bits per heavy atom. The average molecular weight is 392 g/mol. The van der Waals surface area contributed by atoms with Crippen molar-refractivity contribution in [2.75, 3.05) is 13.1 Å². The minimum Gasteiger partial charge on any atom is -0.459 e. The van der Waals surface area contributed by atoms with Crippen LogP contribution in [0.25, 0.3) is 0 Å². The van der Waals surface area contributed by atoms with Gasteiger partial charge in [-0.1, -0.05) is 84.4 Å². The van der Waals surface area contributed by atoms with E-state index in [0.29, 0.717) is 5.02 Å². The summed E-state index contributed by atoms with van der Waals surface area (Å²) in [5.74, 6) is -0.192. The summed E-state index contributed by atoms with van der Waals surface area (Å²) in [5.41, 5.74) is 3.41. The Kier molecular flexibility index (Phi) is 5.75. The quantitative estimate of drug-likeness (QED) is 0.560. The van der Waals surface area contributed by atoms with Gasteiger partial charge in [0, 0.05) is 18.1 Å². The number of hydrogen-bond acceptors (Lipinski definition) is 3. The predicted molar refractivity (Wildman–Crippen MR) is 111 cm³/mol. The SMILES string of the molecule is O=C(Cc1ccc(Cl)cc1)OC1CN(C(c2ccccc2)c2ccccc2)C1. The lowest BCUT2D eigenvalue weighted by atomic mass is 9.94. The summed E-state index contributed by atoms with van der Waals surface area (Å²) in [6.45, 7) is 1.47. The van der Waals surface area contributed by atoms with Crippen LogP contribution in [0.15, 0.2) is 84.9 Å². The molecule has 1 saturated heterocycles. The maximum atomic E-state index is 12.2. The second-order valence-corrected chi connectivity index (χ2v) is 7.53. The highest BCUT2D eigenvalue weighted by Crippen LogP contribution is 2.33. The Labute approximate surface area is 170 Å². The number of carbonyl (C=O) groups is 1. The Bertz CT molecular complexity index is 867. The fourth-order valence-corrected chi connectivity index (χ4v) is 3.76.